The van der Waals surface area contributed by atoms with Crippen LogP contribution in [0.5, 0.6) is 0 Å². The summed E-state index contributed by atoms with van der Waals surface area (Å²) < 4.78 is 83.1. The fourth-order valence-electron chi connectivity index (χ4n) is 4.89. The molecule has 2 fully saturated rings. The molecule has 0 amide bonds. The van der Waals surface area contributed by atoms with Crippen molar-refractivity contribution in [1.29, 1.82) is 0 Å². The maximum absolute atomic E-state index is 12.9. The number of aliphatic hydroxyl groups is 2. The predicted molar refractivity (Wildman–Crippen MR) is 177 cm³/mol. The van der Waals surface area contributed by atoms with Gasteiger partial charge in [-0.3, -0.25) is 24.0 Å². The Kier molecular flexibility index (Phi) is 11.8. The Morgan fingerprint density at radius 2 is 1.47 bits per heavy atom. The molecular weight excluding hydrogens is 794 g/mol. The first-order valence-corrected chi connectivity index (χ1v) is 21.0. The molecule has 0 saturated carbocycles. The highest BCUT2D eigenvalue weighted by Gasteiger charge is 2.75. The average molecular weight is 825 g/mol. The molecule has 9 atom stereocenters. The van der Waals surface area contributed by atoms with Crippen LogP contribution in [0.25, 0.3) is 0 Å². The minimum atomic E-state index is -6.18. The zero-order chi connectivity index (χ0) is 39.0. The van der Waals surface area contributed by atoms with E-state index in [1.54, 1.807) is 24.3 Å². The molecule has 8 N–H and O–H groups in total. The van der Waals surface area contributed by atoms with Gasteiger partial charge in [-0.15, -0.1) is 0 Å². The third-order valence-corrected chi connectivity index (χ3v) is 13.2. The van der Waals surface area contributed by atoms with E-state index in [1.807, 2.05) is 17.0 Å². The normalized spacial score (nSPS) is 28.3. The summed E-state index contributed by atoms with van der Waals surface area (Å²) in [6, 6.07) is 13.8. The van der Waals surface area contributed by atoms with Crippen LogP contribution in [0, 0.1) is 18.8 Å². The highest BCUT2D eigenvalue weighted by Crippen LogP contribution is 2.71. The van der Waals surface area contributed by atoms with Gasteiger partial charge in [0.15, 0.2) is 12.5 Å². The molecule has 3 heterocycles. The molecular formula is C27H31N3O19P4. The van der Waals surface area contributed by atoms with Crippen molar-refractivity contribution in [1.82, 2.24) is 9.55 Å². The second-order valence-corrected chi connectivity index (χ2v) is 17.5. The third kappa shape index (κ3) is 9.58. The van der Waals surface area contributed by atoms with E-state index in [4.69, 9.17) is 14.2 Å². The molecule has 2 aliphatic heterocycles. The largest absolute Gasteiger partial charge is 0.490 e. The second kappa shape index (κ2) is 15.2. The highest BCUT2D eigenvalue weighted by atomic mass is 31.3. The third-order valence-electron chi connectivity index (χ3n) is 7.21. The number of H-pyrrole nitrogens is 1. The second-order valence-electron chi connectivity index (χ2n) is 11.2. The smallest absolute Gasteiger partial charge is 0.359 e. The molecule has 22 nitrogen and oxygen atoms in total. The van der Waals surface area contributed by atoms with Crippen molar-refractivity contribution in [2.75, 3.05) is 11.7 Å². The van der Waals surface area contributed by atoms with Gasteiger partial charge in [-0.1, -0.05) is 54.7 Å². The number of hydrogen-bond acceptors (Lipinski definition) is 15. The van der Waals surface area contributed by atoms with Crippen LogP contribution in [0.1, 0.15) is 36.3 Å². The molecule has 2 saturated heterocycles. The van der Waals surface area contributed by atoms with E-state index in [2.05, 4.69) is 29.3 Å². The number of aromatic nitrogens is 2. The van der Waals surface area contributed by atoms with Gasteiger partial charge in [0.2, 0.25) is 0 Å². The van der Waals surface area contributed by atoms with E-state index in [-0.39, 0.29) is 17.7 Å². The van der Waals surface area contributed by atoms with Gasteiger partial charge in [0.05, 0.1) is 6.61 Å². The number of phosphoric ester groups is 1. The number of ether oxygens (including phenoxy) is 3. The molecule has 26 heteroatoms. The Labute approximate surface area is 298 Å². The van der Waals surface area contributed by atoms with Gasteiger partial charge in [0.25, 0.3) is 17.1 Å². The first-order valence-electron chi connectivity index (χ1n) is 14.9. The van der Waals surface area contributed by atoms with E-state index < -0.39 is 79.3 Å². The van der Waals surface area contributed by atoms with Gasteiger partial charge in [-0.2, -0.15) is 12.9 Å². The van der Waals surface area contributed by atoms with Crippen LogP contribution in [0.3, 0.4) is 0 Å². The summed E-state index contributed by atoms with van der Waals surface area (Å²) >= 11 is 0. The Hall–Kier alpha value is -3.12. The summed E-state index contributed by atoms with van der Waals surface area (Å²) in [7, 11) is -23.4. The standard InChI is InChI=1S/C27H31N3O19P4/c1-3-22-45-26(33)21(16-43-51(37,38)48-53(41,42)49-52(39,40)47-50(35,36)29-20-7-5-4-6-8-20)44-24(27(26,34)46-22)30-15-19(23(31)28-25(30)32)14-13-18-11-9-17(2)10-12-18/h4-12,15,21-22,24,33-34H,3,16H2,1-2H3,(H,37,38)(H,39,40)(H,41,42)(H,28,31,32)(H2,29,35,36)/t21-,22?,24-,26+,27?/m1/s1. The number of para-hydroxylation sites is 1. The van der Waals surface area contributed by atoms with Crippen molar-refractivity contribution in [2.45, 2.75) is 50.5 Å². The number of aryl methyl sites for hydroxylation is 1. The topological polar surface area (TPSA) is 321 Å². The summed E-state index contributed by atoms with van der Waals surface area (Å²) in [5.74, 6) is -0.688. The molecule has 5 rings (SSSR count). The fraction of sp³-hybridized carbons (Fsp3) is 0.333. The number of rotatable bonds is 13. The molecule has 0 spiro atoms. The highest BCUT2D eigenvalue weighted by molar-refractivity contribution is 7.71. The Balaban J connectivity index is 1.33. The molecule has 53 heavy (non-hydrogen) atoms. The van der Waals surface area contributed by atoms with E-state index in [9.17, 15) is 57.6 Å². The van der Waals surface area contributed by atoms with Crippen LogP contribution in [-0.4, -0.2) is 69.9 Å². The van der Waals surface area contributed by atoms with Crippen molar-refractivity contribution in [3.05, 3.63) is 98.3 Å². The predicted octanol–water partition coefficient (Wildman–Crippen LogP) is 1.88. The lowest BCUT2D eigenvalue weighted by atomic mass is 10.0. The zero-order valence-corrected chi connectivity index (χ0v) is 30.7. The van der Waals surface area contributed by atoms with Gasteiger partial charge in [0, 0.05) is 17.4 Å². The van der Waals surface area contributed by atoms with Crippen molar-refractivity contribution in [3.63, 3.8) is 0 Å². The van der Waals surface area contributed by atoms with Crippen LogP contribution >= 0.6 is 31.2 Å². The minimum Gasteiger partial charge on any atom is -0.359 e. The van der Waals surface area contributed by atoms with E-state index in [1.165, 1.54) is 37.3 Å². The first kappa shape index (κ1) is 41.1. The molecule has 288 valence electrons. The van der Waals surface area contributed by atoms with Crippen molar-refractivity contribution >= 4 is 36.9 Å². The number of fused-ring (bicyclic) bond motifs is 1. The molecule has 3 aromatic rings. The van der Waals surface area contributed by atoms with Crippen molar-refractivity contribution in [3.8, 4) is 11.8 Å². The molecule has 6 unspecified atom stereocenters. The van der Waals surface area contributed by atoms with Gasteiger partial charge < -0.3 is 44.0 Å². The number of nitrogens with zero attached hydrogens (tertiary/aromatic N) is 1. The maximum Gasteiger partial charge on any atom is 0.490 e. The van der Waals surface area contributed by atoms with Gasteiger partial charge in [-0.05, 0) is 37.6 Å². The van der Waals surface area contributed by atoms with Gasteiger partial charge in [-0.25, -0.2) is 23.1 Å². The summed E-state index contributed by atoms with van der Waals surface area (Å²) in [6.45, 7) is 2.00. The number of hydrogen-bond donors (Lipinski definition) is 8. The van der Waals surface area contributed by atoms with Crippen molar-refractivity contribution in [2.24, 2.45) is 0 Å². The minimum absolute atomic E-state index is 0.0176. The molecule has 2 aliphatic rings. The Morgan fingerprint density at radius 3 is 2.11 bits per heavy atom. The fourth-order valence-corrected chi connectivity index (χ4v) is 10.0. The van der Waals surface area contributed by atoms with Gasteiger partial charge >= 0.3 is 36.9 Å². The summed E-state index contributed by atoms with van der Waals surface area (Å²) in [5, 5.41) is 24.9. The molecule has 0 bridgehead atoms. The molecule has 1 aromatic heterocycles. The quantitative estimate of drug-likeness (QED) is 0.0901. The van der Waals surface area contributed by atoms with Crippen LogP contribution in [0.15, 0.2) is 70.4 Å². The van der Waals surface area contributed by atoms with Crippen LogP contribution in [0.4, 0.5) is 5.69 Å². The Morgan fingerprint density at radius 1 is 0.868 bits per heavy atom. The Bertz CT molecular complexity index is 2220. The van der Waals surface area contributed by atoms with Crippen molar-refractivity contribution < 1.29 is 79.7 Å². The monoisotopic (exact) mass is 825 g/mol. The number of anilines is 1. The zero-order valence-electron chi connectivity index (χ0n) is 27.1. The van der Waals surface area contributed by atoms with Crippen LogP contribution in [0.2, 0.25) is 0 Å². The number of nitrogens with one attached hydrogen (secondary N) is 2. The van der Waals surface area contributed by atoms with E-state index in [0.29, 0.717) is 10.1 Å². The lowest BCUT2D eigenvalue weighted by Crippen LogP contribution is -2.57. The summed E-state index contributed by atoms with van der Waals surface area (Å²) in [4.78, 5) is 67.3. The lowest BCUT2D eigenvalue weighted by Gasteiger charge is -2.31. The van der Waals surface area contributed by atoms with E-state index >= 15 is 0 Å². The van der Waals surface area contributed by atoms with Gasteiger partial charge in [0.1, 0.15) is 11.7 Å². The van der Waals surface area contributed by atoms with Crippen LogP contribution in [-0.2, 0) is 49.9 Å². The first-order chi connectivity index (χ1) is 24.6. The van der Waals surface area contributed by atoms with Crippen LogP contribution < -0.4 is 16.3 Å². The molecule has 0 radical (unpaired) electrons. The molecule has 0 aliphatic carbocycles. The van der Waals surface area contributed by atoms with E-state index in [0.717, 1.165) is 11.8 Å². The average Bonchev–Trinajstić information content (AvgIpc) is 3.42. The lowest BCUT2D eigenvalue weighted by molar-refractivity contribution is -0.293. The summed E-state index contributed by atoms with van der Waals surface area (Å²) in [6.07, 6.45) is -4.68. The summed E-state index contributed by atoms with van der Waals surface area (Å²) in [5.41, 5.74) is -1.07. The maximum atomic E-state index is 12.9. The number of benzene rings is 2. The SMILES string of the molecule is CCC1OC2(O)[C@H](n3cc(C#Cc4ccc(C)cc4)c(=O)[nH]c3=O)O[C@H](COP(=O)(O)OP(=O)(O)OP(=O)(O)OP(=O)(O)Nc3ccccc3)[C@]2(O)O1. The number of phosphoric acid groups is 3. The molecule has 2 aromatic carbocycles. The number of aromatic amines is 1.